The van der Waals surface area contributed by atoms with Crippen molar-refractivity contribution < 1.29 is 0 Å². The molecule has 1 aliphatic heterocycles. The summed E-state index contributed by atoms with van der Waals surface area (Å²) in [5.74, 6) is 0.624. The number of hydrogen-bond acceptors (Lipinski definition) is 2. The fourth-order valence-electron chi connectivity index (χ4n) is 3.86. The van der Waals surface area contributed by atoms with Crippen LogP contribution < -0.4 is 5.73 Å². The van der Waals surface area contributed by atoms with Crippen molar-refractivity contribution in [3.63, 3.8) is 0 Å². The van der Waals surface area contributed by atoms with E-state index in [1.165, 1.54) is 55.3 Å². The summed E-state index contributed by atoms with van der Waals surface area (Å²) in [5, 5.41) is 0. The molecule has 1 saturated heterocycles. The highest BCUT2D eigenvalue weighted by molar-refractivity contribution is 5.36. The molecule has 2 aliphatic rings. The third-order valence-electron chi connectivity index (χ3n) is 5.33. The molecule has 0 amide bonds. The van der Waals surface area contributed by atoms with E-state index in [4.69, 9.17) is 5.73 Å². The fourth-order valence-corrected chi connectivity index (χ4v) is 3.86. The van der Waals surface area contributed by atoms with Crippen LogP contribution >= 0.6 is 0 Å². The molecule has 3 rings (SSSR count). The minimum atomic E-state index is 0.551. The van der Waals surface area contributed by atoms with Gasteiger partial charge >= 0.3 is 0 Å². The van der Waals surface area contributed by atoms with Crippen LogP contribution in [0.15, 0.2) is 18.2 Å². The number of nitrogens with zero attached hydrogens (tertiary/aromatic N) is 1. The Morgan fingerprint density at radius 1 is 1.15 bits per heavy atom. The molecular formula is C18H28N2. The van der Waals surface area contributed by atoms with Crippen LogP contribution in [-0.4, -0.2) is 24.0 Å². The molecule has 0 radical (unpaired) electrons. The predicted molar refractivity (Wildman–Crippen MR) is 84.8 cm³/mol. The van der Waals surface area contributed by atoms with Gasteiger partial charge in [0.2, 0.25) is 0 Å². The monoisotopic (exact) mass is 272 g/mol. The maximum atomic E-state index is 6.14. The number of likely N-dealkylation sites (tertiary alicyclic amines) is 1. The van der Waals surface area contributed by atoms with Crippen molar-refractivity contribution in [2.24, 2.45) is 11.7 Å². The summed E-state index contributed by atoms with van der Waals surface area (Å²) in [4.78, 5) is 2.78. The molecule has 2 atom stereocenters. The topological polar surface area (TPSA) is 29.3 Å². The minimum Gasteiger partial charge on any atom is -0.330 e. The molecule has 1 aromatic carbocycles. The summed E-state index contributed by atoms with van der Waals surface area (Å²) in [6.45, 7) is 6.60. The van der Waals surface area contributed by atoms with Gasteiger partial charge in [-0.1, -0.05) is 24.6 Å². The standard InChI is InChI=1S/C18H28N2/c1-13-6-5-8-17(14(13)2)18-15(12-19)7-3-4-11-20(18)16-9-10-16/h5-6,8,15-16,18H,3-4,7,9-12,19H2,1-2H3. The molecular weight excluding hydrogens is 244 g/mol. The van der Waals surface area contributed by atoms with Crippen molar-refractivity contribution in [1.29, 1.82) is 0 Å². The molecule has 0 aromatic heterocycles. The van der Waals surface area contributed by atoms with Gasteiger partial charge in [-0.05, 0) is 75.2 Å². The number of aryl methyl sites for hydroxylation is 1. The Hall–Kier alpha value is -0.860. The quantitative estimate of drug-likeness (QED) is 0.911. The van der Waals surface area contributed by atoms with Crippen LogP contribution in [0.4, 0.5) is 0 Å². The van der Waals surface area contributed by atoms with Gasteiger partial charge in [0, 0.05) is 12.1 Å². The number of hydrogen-bond donors (Lipinski definition) is 1. The van der Waals surface area contributed by atoms with Crippen LogP contribution in [0.3, 0.4) is 0 Å². The first-order valence-electron chi connectivity index (χ1n) is 8.24. The highest BCUT2D eigenvalue weighted by Gasteiger charge is 2.39. The average molecular weight is 272 g/mol. The summed E-state index contributed by atoms with van der Waals surface area (Å²) in [6.07, 6.45) is 6.75. The third kappa shape index (κ3) is 2.64. The van der Waals surface area contributed by atoms with Crippen molar-refractivity contribution in [1.82, 2.24) is 4.90 Å². The minimum absolute atomic E-state index is 0.551. The molecule has 0 bridgehead atoms. The highest BCUT2D eigenvalue weighted by atomic mass is 15.2. The summed E-state index contributed by atoms with van der Waals surface area (Å²) in [6, 6.07) is 8.17. The first-order valence-corrected chi connectivity index (χ1v) is 8.24. The van der Waals surface area contributed by atoms with Crippen molar-refractivity contribution in [2.45, 2.75) is 58.0 Å². The lowest BCUT2D eigenvalue weighted by Crippen LogP contribution is -2.37. The first kappa shape index (κ1) is 14.1. The summed E-state index contributed by atoms with van der Waals surface area (Å²) < 4.78 is 0. The number of rotatable bonds is 3. The Morgan fingerprint density at radius 3 is 2.65 bits per heavy atom. The lowest BCUT2D eigenvalue weighted by molar-refractivity contribution is 0.148. The van der Waals surface area contributed by atoms with E-state index in [9.17, 15) is 0 Å². The Labute approximate surface area is 123 Å². The van der Waals surface area contributed by atoms with Gasteiger partial charge in [-0.2, -0.15) is 0 Å². The molecule has 2 nitrogen and oxygen atoms in total. The van der Waals surface area contributed by atoms with E-state index in [1.807, 2.05) is 0 Å². The largest absolute Gasteiger partial charge is 0.330 e. The van der Waals surface area contributed by atoms with Crippen molar-refractivity contribution in [2.75, 3.05) is 13.1 Å². The van der Waals surface area contributed by atoms with Crippen LogP contribution in [0, 0.1) is 19.8 Å². The van der Waals surface area contributed by atoms with Crippen LogP contribution in [0.1, 0.15) is 54.8 Å². The lowest BCUT2D eigenvalue weighted by atomic mass is 9.86. The van der Waals surface area contributed by atoms with Gasteiger partial charge in [-0.25, -0.2) is 0 Å². The van der Waals surface area contributed by atoms with Gasteiger partial charge in [-0.3, -0.25) is 4.90 Å². The lowest BCUT2D eigenvalue weighted by Gasteiger charge is -2.36. The molecule has 2 N–H and O–H groups in total. The van der Waals surface area contributed by atoms with Crippen molar-refractivity contribution >= 4 is 0 Å². The van der Waals surface area contributed by atoms with E-state index in [-0.39, 0.29) is 0 Å². The zero-order valence-corrected chi connectivity index (χ0v) is 12.9. The third-order valence-corrected chi connectivity index (χ3v) is 5.33. The molecule has 20 heavy (non-hydrogen) atoms. The maximum Gasteiger partial charge on any atom is 0.0393 e. The second-order valence-electron chi connectivity index (χ2n) is 6.69. The van der Waals surface area contributed by atoms with Crippen LogP contribution in [-0.2, 0) is 0 Å². The molecule has 2 heteroatoms. The van der Waals surface area contributed by atoms with Crippen LogP contribution in [0.2, 0.25) is 0 Å². The summed E-state index contributed by atoms with van der Waals surface area (Å²) in [5.41, 5.74) is 10.6. The molecule has 0 spiro atoms. The second-order valence-corrected chi connectivity index (χ2v) is 6.69. The first-order chi connectivity index (χ1) is 9.72. The SMILES string of the molecule is Cc1cccc(C2C(CN)CCCCN2C2CC2)c1C. The molecule has 1 heterocycles. The van der Waals surface area contributed by atoms with Gasteiger partial charge in [-0.15, -0.1) is 0 Å². The van der Waals surface area contributed by atoms with Gasteiger partial charge in [0.05, 0.1) is 0 Å². The van der Waals surface area contributed by atoms with E-state index >= 15 is 0 Å². The predicted octanol–water partition coefficient (Wildman–Crippen LogP) is 3.57. The zero-order valence-electron chi connectivity index (χ0n) is 12.9. The van der Waals surface area contributed by atoms with Gasteiger partial charge in [0.25, 0.3) is 0 Å². The normalized spacial score (nSPS) is 28.4. The Balaban J connectivity index is 2.00. The van der Waals surface area contributed by atoms with Crippen LogP contribution in [0.25, 0.3) is 0 Å². The van der Waals surface area contributed by atoms with Gasteiger partial charge < -0.3 is 5.73 Å². The Kier molecular flexibility index (Phi) is 4.13. The number of benzene rings is 1. The Morgan fingerprint density at radius 2 is 1.95 bits per heavy atom. The molecule has 2 unspecified atom stereocenters. The van der Waals surface area contributed by atoms with E-state index in [2.05, 4.69) is 36.9 Å². The maximum absolute atomic E-state index is 6.14. The molecule has 110 valence electrons. The van der Waals surface area contributed by atoms with Crippen LogP contribution in [0.5, 0.6) is 0 Å². The van der Waals surface area contributed by atoms with Gasteiger partial charge in [0.15, 0.2) is 0 Å². The number of nitrogens with two attached hydrogens (primary N) is 1. The van der Waals surface area contributed by atoms with E-state index < -0.39 is 0 Å². The zero-order chi connectivity index (χ0) is 14.1. The fraction of sp³-hybridized carbons (Fsp3) is 0.667. The van der Waals surface area contributed by atoms with E-state index in [1.54, 1.807) is 0 Å². The smallest absolute Gasteiger partial charge is 0.0393 e. The average Bonchev–Trinajstić information content (AvgIpc) is 3.26. The summed E-state index contributed by atoms with van der Waals surface area (Å²) >= 11 is 0. The van der Waals surface area contributed by atoms with Gasteiger partial charge in [0.1, 0.15) is 0 Å². The molecule has 1 aromatic rings. The Bertz CT molecular complexity index is 464. The molecule has 1 aliphatic carbocycles. The second kappa shape index (κ2) is 5.87. The van der Waals surface area contributed by atoms with E-state index in [0.717, 1.165) is 12.6 Å². The van der Waals surface area contributed by atoms with E-state index in [0.29, 0.717) is 12.0 Å². The molecule has 2 fully saturated rings. The van der Waals surface area contributed by atoms with Crippen molar-refractivity contribution in [3.8, 4) is 0 Å². The van der Waals surface area contributed by atoms with Crippen molar-refractivity contribution in [3.05, 3.63) is 34.9 Å². The molecule has 1 saturated carbocycles. The highest BCUT2D eigenvalue weighted by Crippen LogP contribution is 2.42. The summed E-state index contributed by atoms with van der Waals surface area (Å²) in [7, 11) is 0.